The van der Waals surface area contributed by atoms with E-state index in [9.17, 15) is 9.18 Å². The van der Waals surface area contributed by atoms with Crippen molar-refractivity contribution in [2.75, 3.05) is 11.9 Å². The first-order chi connectivity index (χ1) is 8.04. The maximum absolute atomic E-state index is 13.5. The Morgan fingerprint density at radius 1 is 1.65 bits per heavy atom. The van der Waals surface area contributed by atoms with Crippen molar-refractivity contribution in [3.8, 4) is 0 Å². The number of hydrogen-bond donors (Lipinski definition) is 2. The molecule has 0 aliphatic carbocycles. The summed E-state index contributed by atoms with van der Waals surface area (Å²) in [6, 6.07) is 3.82. The smallest absolute Gasteiger partial charge is 0.338 e. The lowest BCUT2D eigenvalue weighted by molar-refractivity contribution is 0.0549. The molecule has 17 heavy (non-hydrogen) atoms. The van der Waals surface area contributed by atoms with Crippen LogP contribution in [0.3, 0.4) is 0 Å². The molecule has 4 nitrogen and oxygen atoms in total. The van der Waals surface area contributed by atoms with Gasteiger partial charge in [-0.1, -0.05) is 12.7 Å². The summed E-state index contributed by atoms with van der Waals surface area (Å²) in [5.74, 6) is -1.25. The van der Waals surface area contributed by atoms with E-state index in [1.54, 1.807) is 0 Å². The van der Waals surface area contributed by atoms with Gasteiger partial charge in [-0.15, -0.1) is 0 Å². The van der Waals surface area contributed by atoms with Gasteiger partial charge >= 0.3 is 5.97 Å². The molecule has 6 heteroatoms. The van der Waals surface area contributed by atoms with Crippen LogP contribution in [0.4, 0.5) is 10.1 Å². The second-order valence-electron chi connectivity index (χ2n) is 3.07. The van der Waals surface area contributed by atoms with Gasteiger partial charge in [-0.3, -0.25) is 0 Å². The Balaban J connectivity index is 2.84. The third-order valence-corrected chi connectivity index (χ3v) is 1.90. The number of carbonyl (C=O) groups is 1. The summed E-state index contributed by atoms with van der Waals surface area (Å²) in [5, 5.41) is 2.40. The molecule has 0 spiro atoms. The molecule has 0 saturated heterocycles. The van der Waals surface area contributed by atoms with Crippen LogP contribution >= 0.6 is 12.2 Å². The van der Waals surface area contributed by atoms with Crippen LogP contribution in [0.25, 0.3) is 0 Å². The van der Waals surface area contributed by atoms with Gasteiger partial charge in [0.25, 0.3) is 0 Å². The minimum absolute atomic E-state index is 0.0501. The van der Waals surface area contributed by atoms with Crippen LogP contribution < -0.4 is 11.1 Å². The second kappa shape index (κ2) is 5.95. The number of esters is 1. The number of rotatable bonds is 4. The molecule has 0 heterocycles. The number of thiocarbonyl (C=S) groups is 1. The summed E-state index contributed by atoms with van der Waals surface area (Å²) < 4.78 is 18.2. The van der Waals surface area contributed by atoms with E-state index in [-0.39, 0.29) is 23.0 Å². The molecule has 1 rings (SSSR count). The molecule has 0 aromatic heterocycles. The van der Waals surface area contributed by atoms with E-state index >= 15 is 0 Å². The average molecular weight is 254 g/mol. The van der Waals surface area contributed by atoms with Crippen molar-refractivity contribution in [1.82, 2.24) is 0 Å². The average Bonchev–Trinajstić information content (AvgIpc) is 2.28. The lowest BCUT2D eigenvalue weighted by Crippen LogP contribution is -2.19. The highest BCUT2D eigenvalue weighted by Gasteiger charge is 2.10. The van der Waals surface area contributed by atoms with Gasteiger partial charge in [-0.05, 0) is 30.4 Å². The van der Waals surface area contributed by atoms with Gasteiger partial charge in [0.05, 0.1) is 11.3 Å². The van der Waals surface area contributed by atoms with Crippen LogP contribution in [0, 0.1) is 5.82 Å². The van der Waals surface area contributed by atoms with Crippen LogP contribution in [0.2, 0.25) is 0 Å². The summed E-state index contributed by atoms with van der Waals surface area (Å²) in [6.45, 7) is 3.48. The normalized spacial score (nSPS) is 9.47. The first-order valence-corrected chi connectivity index (χ1v) is 5.09. The topological polar surface area (TPSA) is 64.3 Å². The fraction of sp³-hybridized carbons (Fsp3) is 0.0909. The zero-order valence-electron chi connectivity index (χ0n) is 8.90. The van der Waals surface area contributed by atoms with Crippen LogP contribution in [-0.4, -0.2) is 17.7 Å². The Kier molecular flexibility index (Phi) is 4.59. The molecule has 0 atom stereocenters. The molecule has 1 aromatic carbocycles. The molecular weight excluding hydrogens is 243 g/mol. The highest BCUT2D eigenvalue weighted by molar-refractivity contribution is 7.80. The maximum atomic E-state index is 13.5. The van der Waals surface area contributed by atoms with Crippen molar-refractivity contribution in [2.24, 2.45) is 5.73 Å². The zero-order valence-corrected chi connectivity index (χ0v) is 9.72. The molecule has 0 aliphatic rings. The van der Waals surface area contributed by atoms with Crippen molar-refractivity contribution in [3.63, 3.8) is 0 Å². The van der Waals surface area contributed by atoms with Gasteiger partial charge < -0.3 is 15.8 Å². The summed E-state index contributed by atoms with van der Waals surface area (Å²) in [6.07, 6.45) is 1.43. The molecular formula is C11H11FN2O2S. The van der Waals surface area contributed by atoms with E-state index in [0.29, 0.717) is 0 Å². The summed E-state index contributed by atoms with van der Waals surface area (Å²) in [4.78, 5) is 11.4. The van der Waals surface area contributed by atoms with Crippen molar-refractivity contribution in [2.45, 2.75) is 0 Å². The first-order valence-electron chi connectivity index (χ1n) is 4.68. The van der Waals surface area contributed by atoms with Gasteiger partial charge in [0.15, 0.2) is 5.11 Å². The molecule has 1 aromatic rings. The van der Waals surface area contributed by atoms with Crippen molar-refractivity contribution in [1.29, 1.82) is 0 Å². The third-order valence-electron chi connectivity index (χ3n) is 1.79. The third kappa shape index (κ3) is 3.84. The Morgan fingerprint density at radius 2 is 2.35 bits per heavy atom. The van der Waals surface area contributed by atoms with Crippen LogP contribution in [0.5, 0.6) is 0 Å². The Bertz CT molecular complexity index is 463. The van der Waals surface area contributed by atoms with Crippen molar-refractivity contribution >= 4 is 29.0 Å². The Labute approximate surface area is 103 Å². The fourth-order valence-electron chi connectivity index (χ4n) is 1.09. The summed E-state index contributed by atoms with van der Waals surface area (Å²) in [7, 11) is 0. The molecule has 3 N–H and O–H groups in total. The molecule has 0 radical (unpaired) electrons. The number of ether oxygens (including phenoxy) is 1. The van der Waals surface area contributed by atoms with Crippen LogP contribution in [-0.2, 0) is 4.74 Å². The molecule has 0 bridgehead atoms. The van der Waals surface area contributed by atoms with E-state index in [2.05, 4.69) is 24.1 Å². The SMILES string of the molecule is C=CCOC(=O)c1ccc(NC(N)=S)c(F)c1. The minimum atomic E-state index is -0.633. The summed E-state index contributed by atoms with van der Waals surface area (Å²) in [5.41, 5.74) is 5.43. The predicted molar refractivity (Wildman–Crippen MR) is 67.3 cm³/mol. The number of halogens is 1. The molecule has 0 unspecified atom stereocenters. The highest BCUT2D eigenvalue weighted by Crippen LogP contribution is 2.16. The molecule has 0 aliphatic heterocycles. The number of anilines is 1. The van der Waals surface area contributed by atoms with Crippen LogP contribution in [0.1, 0.15) is 10.4 Å². The predicted octanol–water partition coefficient (Wildman–Crippen LogP) is 1.82. The van der Waals surface area contributed by atoms with Gasteiger partial charge in [0.2, 0.25) is 0 Å². The summed E-state index contributed by atoms with van der Waals surface area (Å²) >= 11 is 4.58. The Hall–Kier alpha value is -1.95. The Morgan fingerprint density at radius 3 is 2.88 bits per heavy atom. The van der Waals surface area contributed by atoms with E-state index in [4.69, 9.17) is 10.5 Å². The highest BCUT2D eigenvalue weighted by atomic mass is 32.1. The van der Waals surface area contributed by atoms with Crippen molar-refractivity contribution < 1.29 is 13.9 Å². The number of nitrogens with two attached hydrogens (primary N) is 1. The molecule has 90 valence electrons. The van der Waals surface area contributed by atoms with E-state index in [1.807, 2.05) is 0 Å². The van der Waals surface area contributed by atoms with E-state index in [1.165, 1.54) is 18.2 Å². The maximum Gasteiger partial charge on any atom is 0.338 e. The largest absolute Gasteiger partial charge is 0.458 e. The second-order valence-corrected chi connectivity index (χ2v) is 3.51. The van der Waals surface area contributed by atoms with E-state index < -0.39 is 11.8 Å². The number of benzene rings is 1. The van der Waals surface area contributed by atoms with E-state index in [0.717, 1.165) is 6.07 Å². The molecule has 0 amide bonds. The lowest BCUT2D eigenvalue weighted by atomic mass is 10.2. The standard InChI is InChI=1S/C11H11FN2O2S/c1-2-5-16-10(15)7-3-4-9(8(12)6-7)14-11(13)17/h2-4,6H,1,5H2,(H3,13,14,17). The number of hydrogen-bond acceptors (Lipinski definition) is 3. The minimum Gasteiger partial charge on any atom is -0.458 e. The quantitative estimate of drug-likeness (QED) is 0.487. The van der Waals surface area contributed by atoms with Gasteiger partial charge in [0.1, 0.15) is 12.4 Å². The molecule has 0 saturated carbocycles. The number of nitrogens with one attached hydrogen (secondary N) is 1. The van der Waals surface area contributed by atoms with Gasteiger partial charge in [0, 0.05) is 0 Å². The first kappa shape index (κ1) is 13.1. The van der Waals surface area contributed by atoms with Crippen LogP contribution in [0.15, 0.2) is 30.9 Å². The van der Waals surface area contributed by atoms with Gasteiger partial charge in [-0.2, -0.15) is 0 Å². The zero-order chi connectivity index (χ0) is 12.8. The number of carbonyl (C=O) groups excluding carboxylic acids is 1. The fourth-order valence-corrected chi connectivity index (χ4v) is 1.20. The molecule has 0 fully saturated rings. The van der Waals surface area contributed by atoms with Crippen molar-refractivity contribution in [3.05, 3.63) is 42.2 Å². The monoisotopic (exact) mass is 254 g/mol. The van der Waals surface area contributed by atoms with Gasteiger partial charge in [-0.25, -0.2) is 9.18 Å². The lowest BCUT2D eigenvalue weighted by Gasteiger charge is -2.07.